The number of nitrogens with one attached hydrogen (secondary N) is 2. The lowest BCUT2D eigenvalue weighted by molar-refractivity contribution is 0.101. The Morgan fingerprint density at radius 2 is 1.00 bits per heavy atom. The third-order valence-corrected chi connectivity index (χ3v) is 6.73. The van der Waals surface area contributed by atoms with Crippen molar-refractivity contribution >= 4 is 23.2 Å². The Balaban J connectivity index is 1.79. The number of anilines is 2. The van der Waals surface area contributed by atoms with Gasteiger partial charge in [0.15, 0.2) is 0 Å². The Labute approximate surface area is 226 Å². The number of carbonyl (C=O) groups excluding carboxylic acids is 2. The van der Waals surface area contributed by atoms with Gasteiger partial charge in [-0.3, -0.25) is 9.59 Å². The van der Waals surface area contributed by atoms with Crippen molar-refractivity contribution in [3.05, 3.63) is 82.9 Å². The first-order valence-electron chi connectivity index (χ1n) is 13.8. The van der Waals surface area contributed by atoms with Gasteiger partial charge in [0.2, 0.25) is 0 Å². The van der Waals surface area contributed by atoms with Gasteiger partial charge in [-0.2, -0.15) is 0 Å². The van der Waals surface area contributed by atoms with Crippen LogP contribution >= 0.6 is 0 Å². The minimum Gasteiger partial charge on any atom is -0.507 e. The lowest BCUT2D eigenvalue weighted by Crippen LogP contribution is -2.19. The molecule has 0 unspecified atom stereocenters. The van der Waals surface area contributed by atoms with Gasteiger partial charge in [0.05, 0.1) is 22.5 Å². The Morgan fingerprint density at radius 1 is 0.579 bits per heavy atom. The quantitative estimate of drug-likeness (QED) is 0.164. The Bertz CT molecular complexity index is 1130. The van der Waals surface area contributed by atoms with Gasteiger partial charge in [-0.25, -0.2) is 0 Å². The zero-order chi connectivity index (χ0) is 27.3. The number of amides is 2. The van der Waals surface area contributed by atoms with Gasteiger partial charge in [-0.1, -0.05) is 88.8 Å². The van der Waals surface area contributed by atoms with E-state index >= 15 is 0 Å². The number of unbranched alkanes of at least 4 members (excludes halogenated alkanes) is 6. The first-order valence-corrected chi connectivity index (χ1v) is 13.8. The highest BCUT2D eigenvalue weighted by molar-refractivity contribution is 6.12. The number of hydrogen-bond donors (Lipinski definition) is 4. The van der Waals surface area contributed by atoms with E-state index in [1.165, 1.54) is 12.1 Å². The van der Waals surface area contributed by atoms with Crippen molar-refractivity contribution in [1.29, 1.82) is 0 Å². The molecular weight excluding hydrogens is 476 g/mol. The third-order valence-electron chi connectivity index (χ3n) is 6.73. The maximum atomic E-state index is 13.3. The maximum Gasteiger partial charge on any atom is 0.259 e. The summed E-state index contributed by atoms with van der Waals surface area (Å²) in [6.07, 6.45) is 9.90. The molecule has 0 spiro atoms. The van der Waals surface area contributed by atoms with Gasteiger partial charge < -0.3 is 20.8 Å². The predicted molar refractivity (Wildman–Crippen MR) is 154 cm³/mol. The molecule has 0 aliphatic heterocycles. The summed E-state index contributed by atoms with van der Waals surface area (Å²) in [6.45, 7) is 4.30. The van der Waals surface area contributed by atoms with E-state index in [1.54, 1.807) is 36.4 Å². The number of para-hydroxylation sites is 2. The molecule has 0 aliphatic carbocycles. The van der Waals surface area contributed by atoms with Crippen LogP contribution < -0.4 is 10.6 Å². The predicted octanol–water partition coefficient (Wildman–Crippen LogP) is 7.85. The molecule has 0 radical (unpaired) electrons. The summed E-state index contributed by atoms with van der Waals surface area (Å²) >= 11 is 0. The van der Waals surface area contributed by atoms with Crippen LogP contribution in [0.25, 0.3) is 0 Å². The van der Waals surface area contributed by atoms with Gasteiger partial charge in [0.25, 0.3) is 11.8 Å². The van der Waals surface area contributed by atoms with Crippen molar-refractivity contribution in [3.8, 4) is 11.5 Å². The van der Waals surface area contributed by atoms with E-state index in [9.17, 15) is 19.8 Å². The highest BCUT2D eigenvalue weighted by Gasteiger charge is 2.20. The zero-order valence-corrected chi connectivity index (χ0v) is 22.6. The topological polar surface area (TPSA) is 98.7 Å². The fourth-order valence-corrected chi connectivity index (χ4v) is 4.67. The highest BCUT2D eigenvalue weighted by Crippen LogP contribution is 2.29. The second-order valence-electron chi connectivity index (χ2n) is 9.70. The largest absolute Gasteiger partial charge is 0.507 e. The van der Waals surface area contributed by atoms with Crippen molar-refractivity contribution in [2.45, 2.75) is 78.1 Å². The number of phenols is 2. The first-order chi connectivity index (χ1) is 18.5. The number of rotatable bonds is 14. The van der Waals surface area contributed by atoms with E-state index in [0.717, 1.165) is 62.5 Å². The molecule has 3 aromatic carbocycles. The minimum atomic E-state index is -0.436. The lowest BCUT2D eigenvalue weighted by Gasteiger charge is -2.16. The molecule has 6 heteroatoms. The van der Waals surface area contributed by atoms with Gasteiger partial charge in [-0.15, -0.1) is 0 Å². The molecule has 0 saturated heterocycles. The van der Waals surface area contributed by atoms with Crippen molar-refractivity contribution in [2.24, 2.45) is 0 Å². The Morgan fingerprint density at radius 3 is 1.39 bits per heavy atom. The van der Waals surface area contributed by atoms with Gasteiger partial charge in [0, 0.05) is 0 Å². The van der Waals surface area contributed by atoms with Crippen LogP contribution in [0.3, 0.4) is 0 Å². The Hall–Kier alpha value is -3.80. The van der Waals surface area contributed by atoms with E-state index in [-0.39, 0.29) is 22.6 Å². The summed E-state index contributed by atoms with van der Waals surface area (Å²) in [5, 5.41) is 26.8. The van der Waals surface area contributed by atoms with Crippen LogP contribution in [0.5, 0.6) is 11.5 Å². The fourth-order valence-electron chi connectivity index (χ4n) is 4.67. The molecule has 3 aromatic rings. The van der Waals surface area contributed by atoms with Crippen molar-refractivity contribution in [1.82, 2.24) is 0 Å². The molecule has 4 N–H and O–H groups in total. The number of carbonyl (C=O) groups is 2. The molecule has 202 valence electrons. The summed E-state index contributed by atoms with van der Waals surface area (Å²) < 4.78 is 0. The molecule has 3 rings (SSSR count). The molecule has 38 heavy (non-hydrogen) atoms. The number of aromatic hydroxyl groups is 2. The molecule has 0 heterocycles. The summed E-state index contributed by atoms with van der Waals surface area (Å²) in [5.74, 6) is -1.01. The van der Waals surface area contributed by atoms with E-state index in [4.69, 9.17) is 0 Å². The molecule has 0 bridgehead atoms. The standard InChI is InChI=1S/C32H40N2O4/c1-3-5-7-9-15-23-17-13-21-27(35)29(23)31(37)33-25-19-11-12-20-26(25)34-32(38)30-24(16-10-8-6-4-2)18-14-22-28(30)36/h11-14,17-22,35-36H,3-10,15-16H2,1-2H3,(H,33,37)(H,34,38). The van der Waals surface area contributed by atoms with E-state index in [0.29, 0.717) is 24.2 Å². The first kappa shape index (κ1) is 28.8. The zero-order valence-electron chi connectivity index (χ0n) is 22.6. The average Bonchev–Trinajstić information content (AvgIpc) is 2.90. The van der Waals surface area contributed by atoms with Gasteiger partial charge in [-0.05, 0) is 61.1 Å². The summed E-state index contributed by atoms with van der Waals surface area (Å²) in [7, 11) is 0. The number of benzene rings is 3. The van der Waals surface area contributed by atoms with Crippen molar-refractivity contribution in [2.75, 3.05) is 10.6 Å². The van der Waals surface area contributed by atoms with Crippen LogP contribution in [0.2, 0.25) is 0 Å². The molecule has 2 amide bonds. The molecule has 0 fully saturated rings. The van der Waals surface area contributed by atoms with E-state index in [2.05, 4.69) is 24.5 Å². The van der Waals surface area contributed by atoms with Crippen LogP contribution in [0.15, 0.2) is 60.7 Å². The van der Waals surface area contributed by atoms with Crippen LogP contribution in [-0.4, -0.2) is 22.0 Å². The number of aryl methyl sites for hydroxylation is 2. The average molecular weight is 517 g/mol. The van der Waals surface area contributed by atoms with Crippen LogP contribution in [-0.2, 0) is 12.8 Å². The van der Waals surface area contributed by atoms with Crippen molar-refractivity contribution in [3.63, 3.8) is 0 Å². The monoisotopic (exact) mass is 516 g/mol. The highest BCUT2D eigenvalue weighted by atomic mass is 16.3. The fraction of sp³-hybridized carbons (Fsp3) is 0.375. The number of phenolic OH excluding ortho intramolecular Hbond substituents is 2. The van der Waals surface area contributed by atoms with Gasteiger partial charge >= 0.3 is 0 Å². The summed E-state index contributed by atoms with van der Waals surface area (Å²) in [5.41, 5.74) is 2.90. The maximum absolute atomic E-state index is 13.3. The minimum absolute atomic E-state index is 0.0704. The molecule has 0 aromatic heterocycles. The van der Waals surface area contributed by atoms with Crippen LogP contribution in [0.4, 0.5) is 11.4 Å². The van der Waals surface area contributed by atoms with E-state index < -0.39 is 11.8 Å². The molecule has 6 nitrogen and oxygen atoms in total. The summed E-state index contributed by atoms with van der Waals surface area (Å²) in [4.78, 5) is 26.6. The van der Waals surface area contributed by atoms with Crippen LogP contribution in [0, 0.1) is 0 Å². The third kappa shape index (κ3) is 7.85. The second-order valence-corrected chi connectivity index (χ2v) is 9.70. The van der Waals surface area contributed by atoms with Crippen molar-refractivity contribution < 1.29 is 19.8 Å². The molecule has 0 atom stereocenters. The smallest absolute Gasteiger partial charge is 0.259 e. The molecular formula is C32H40N2O4. The molecule has 0 saturated carbocycles. The number of hydrogen-bond acceptors (Lipinski definition) is 4. The lowest BCUT2D eigenvalue weighted by atomic mass is 9.99. The Kier molecular flexibility index (Phi) is 11.2. The SMILES string of the molecule is CCCCCCc1cccc(O)c1C(=O)Nc1ccccc1NC(=O)c1c(O)cccc1CCCCCC. The molecule has 0 aliphatic rings. The second kappa shape index (κ2) is 14.8. The van der Waals surface area contributed by atoms with Crippen LogP contribution in [0.1, 0.15) is 97.1 Å². The normalized spacial score (nSPS) is 10.8. The van der Waals surface area contributed by atoms with E-state index in [1.807, 2.05) is 12.1 Å². The summed E-state index contributed by atoms with van der Waals surface area (Å²) in [6, 6.07) is 17.2. The van der Waals surface area contributed by atoms with Gasteiger partial charge in [0.1, 0.15) is 11.5 Å².